The number of aromatic nitrogens is 1. The van der Waals surface area contributed by atoms with Crippen LogP contribution in [0.2, 0.25) is 0 Å². The molecule has 0 unspecified atom stereocenters. The third-order valence-electron chi connectivity index (χ3n) is 5.27. The van der Waals surface area contributed by atoms with Gasteiger partial charge in [0.05, 0.1) is 23.8 Å². The van der Waals surface area contributed by atoms with Gasteiger partial charge in [0.2, 0.25) is 10.0 Å². The van der Waals surface area contributed by atoms with E-state index < -0.39 is 14.9 Å². The molecule has 2 aliphatic rings. The highest BCUT2D eigenvalue weighted by Gasteiger charge is 2.32. The number of hydrogen-bond donors (Lipinski definition) is 0. The van der Waals surface area contributed by atoms with Gasteiger partial charge in [0.15, 0.2) is 5.13 Å². The molecular formula is C18H23N5O5S2. The predicted molar refractivity (Wildman–Crippen MR) is 114 cm³/mol. The van der Waals surface area contributed by atoms with Crippen LogP contribution in [-0.4, -0.2) is 75.1 Å². The van der Waals surface area contributed by atoms with Crippen LogP contribution in [0.25, 0.3) is 0 Å². The second-order valence-electron chi connectivity index (χ2n) is 7.07. The largest absolute Gasteiger partial charge is 0.379 e. The molecule has 1 aromatic heterocycles. The fraction of sp³-hybridized carbons (Fsp3) is 0.500. The van der Waals surface area contributed by atoms with Gasteiger partial charge in [0.1, 0.15) is 4.90 Å². The Bertz CT molecular complexity index is 992. The van der Waals surface area contributed by atoms with Crippen molar-refractivity contribution in [3.05, 3.63) is 39.9 Å². The van der Waals surface area contributed by atoms with Crippen LogP contribution in [0.1, 0.15) is 6.42 Å². The number of nitrogens with zero attached hydrogens (tertiary/aromatic N) is 5. The van der Waals surface area contributed by atoms with Crippen molar-refractivity contribution in [1.29, 1.82) is 0 Å². The molecule has 2 aromatic rings. The molecule has 0 amide bonds. The quantitative estimate of drug-likeness (QED) is 0.498. The molecule has 30 heavy (non-hydrogen) atoms. The van der Waals surface area contributed by atoms with Gasteiger partial charge in [0, 0.05) is 63.0 Å². The molecule has 2 aliphatic heterocycles. The molecule has 2 saturated heterocycles. The maximum atomic E-state index is 13.4. The van der Waals surface area contributed by atoms with Gasteiger partial charge in [-0.05, 0) is 12.5 Å². The van der Waals surface area contributed by atoms with Crippen molar-refractivity contribution in [1.82, 2.24) is 9.29 Å². The fourth-order valence-electron chi connectivity index (χ4n) is 3.73. The van der Waals surface area contributed by atoms with Gasteiger partial charge in [-0.15, -0.1) is 11.3 Å². The lowest BCUT2D eigenvalue weighted by molar-refractivity contribution is -0.385. The van der Waals surface area contributed by atoms with Crippen LogP contribution in [0.5, 0.6) is 0 Å². The third kappa shape index (κ3) is 4.26. The minimum absolute atomic E-state index is 0.0127. The van der Waals surface area contributed by atoms with E-state index in [-0.39, 0.29) is 23.7 Å². The SMILES string of the molecule is O=[N+]([O-])c1ccc(N2CCCN(c3nccs3)CC2)c(S(=O)(=O)N2CCOCC2)c1. The molecule has 10 nitrogen and oxygen atoms in total. The molecule has 0 radical (unpaired) electrons. The first-order valence-corrected chi connectivity index (χ1v) is 12.0. The summed E-state index contributed by atoms with van der Waals surface area (Å²) in [6.45, 7) is 3.88. The highest BCUT2D eigenvalue weighted by atomic mass is 32.2. The van der Waals surface area contributed by atoms with Crippen LogP contribution in [0.3, 0.4) is 0 Å². The molecule has 3 heterocycles. The highest BCUT2D eigenvalue weighted by Crippen LogP contribution is 2.33. The zero-order valence-electron chi connectivity index (χ0n) is 16.3. The van der Waals surface area contributed by atoms with Gasteiger partial charge in [-0.3, -0.25) is 10.1 Å². The van der Waals surface area contributed by atoms with Crippen molar-refractivity contribution in [2.24, 2.45) is 0 Å². The van der Waals surface area contributed by atoms with E-state index in [1.165, 1.54) is 16.4 Å². The van der Waals surface area contributed by atoms with E-state index in [1.54, 1.807) is 23.6 Å². The monoisotopic (exact) mass is 453 g/mol. The number of ether oxygens (including phenoxy) is 1. The van der Waals surface area contributed by atoms with Gasteiger partial charge in [0.25, 0.3) is 5.69 Å². The third-order valence-corrected chi connectivity index (χ3v) is 8.03. The zero-order chi connectivity index (χ0) is 21.1. The number of non-ortho nitro benzene ring substituents is 1. The number of nitro groups is 1. The minimum Gasteiger partial charge on any atom is -0.379 e. The average Bonchev–Trinajstić information content (AvgIpc) is 3.19. The van der Waals surface area contributed by atoms with Gasteiger partial charge >= 0.3 is 0 Å². The molecule has 4 rings (SSSR count). The molecule has 0 bridgehead atoms. The minimum atomic E-state index is -3.88. The molecule has 0 saturated carbocycles. The van der Waals surface area contributed by atoms with Gasteiger partial charge in [-0.2, -0.15) is 4.31 Å². The van der Waals surface area contributed by atoms with E-state index in [2.05, 4.69) is 9.88 Å². The Morgan fingerprint density at radius 3 is 2.50 bits per heavy atom. The maximum Gasteiger partial charge on any atom is 0.270 e. The lowest BCUT2D eigenvalue weighted by Gasteiger charge is -2.30. The fourth-order valence-corrected chi connectivity index (χ4v) is 6.07. The van der Waals surface area contributed by atoms with E-state index in [0.717, 1.165) is 18.1 Å². The lowest BCUT2D eigenvalue weighted by Crippen LogP contribution is -2.41. The number of thiazole rings is 1. The van der Waals surface area contributed by atoms with E-state index in [4.69, 9.17) is 4.74 Å². The summed E-state index contributed by atoms with van der Waals surface area (Å²) in [5.41, 5.74) is 0.276. The van der Waals surface area contributed by atoms with Crippen molar-refractivity contribution in [3.63, 3.8) is 0 Å². The second kappa shape index (κ2) is 8.84. The number of rotatable bonds is 5. The summed E-state index contributed by atoms with van der Waals surface area (Å²) in [6, 6.07) is 4.12. The zero-order valence-corrected chi connectivity index (χ0v) is 18.0. The number of benzene rings is 1. The van der Waals surface area contributed by atoms with E-state index in [9.17, 15) is 18.5 Å². The van der Waals surface area contributed by atoms with Crippen molar-refractivity contribution in [2.75, 3.05) is 62.3 Å². The van der Waals surface area contributed by atoms with Gasteiger partial charge < -0.3 is 14.5 Å². The summed E-state index contributed by atoms with van der Waals surface area (Å²) < 4.78 is 33.3. The summed E-state index contributed by atoms with van der Waals surface area (Å²) in [7, 11) is -3.88. The summed E-state index contributed by atoms with van der Waals surface area (Å²) in [6.07, 6.45) is 2.60. The smallest absolute Gasteiger partial charge is 0.270 e. The van der Waals surface area contributed by atoms with Crippen molar-refractivity contribution in [2.45, 2.75) is 11.3 Å². The van der Waals surface area contributed by atoms with Crippen molar-refractivity contribution < 1.29 is 18.1 Å². The molecular weight excluding hydrogens is 430 g/mol. The maximum absolute atomic E-state index is 13.4. The Hall–Kier alpha value is -2.28. The normalized spacial score (nSPS) is 18.9. The molecule has 1 aromatic carbocycles. The first kappa shape index (κ1) is 21.0. The van der Waals surface area contributed by atoms with Crippen LogP contribution in [0.15, 0.2) is 34.7 Å². The standard InChI is InChI=1S/C18H23N5O5S2/c24-23(25)15-2-3-16(17(14-15)30(26,27)22-9-11-28-12-10-22)20-5-1-6-21(8-7-20)18-19-4-13-29-18/h2-4,13-14H,1,5-12H2. The predicted octanol–water partition coefficient (Wildman–Crippen LogP) is 1.79. The Morgan fingerprint density at radius 1 is 1.07 bits per heavy atom. The summed E-state index contributed by atoms with van der Waals surface area (Å²) >= 11 is 1.57. The molecule has 2 fully saturated rings. The number of morpholine rings is 1. The average molecular weight is 454 g/mol. The molecule has 162 valence electrons. The summed E-state index contributed by atoms with van der Waals surface area (Å²) in [5.74, 6) is 0. The van der Waals surface area contributed by atoms with E-state index in [0.29, 0.717) is 38.5 Å². The van der Waals surface area contributed by atoms with Gasteiger partial charge in [-0.1, -0.05) is 0 Å². The van der Waals surface area contributed by atoms with Crippen LogP contribution in [-0.2, 0) is 14.8 Å². The second-order valence-corrected chi connectivity index (χ2v) is 9.85. The molecule has 0 N–H and O–H groups in total. The van der Waals surface area contributed by atoms with Crippen molar-refractivity contribution in [3.8, 4) is 0 Å². The topological polar surface area (TPSA) is 109 Å². The number of nitro benzene ring substituents is 1. The lowest BCUT2D eigenvalue weighted by atomic mass is 10.2. The van der Waals surface area contributed by atoms with Crippen LogP contribution >= 0.6 is 11.3 Å². The Balaban J connectivity index is 1.66. The number of hydrogen-bond acceptors (Lipinski definition) is 9. The van der Waals surface area contributed by atoms with Crippen LogP contribution in [0, 0.1) is 10.1 Å². The Morgan fingerprint density at radius 2 is 1.80 bits per heavy atom. The van der Waals surface area contributed by atoms with Crippen LogP contribution < -0.4 is 9.80 Å². The number of anilines is 2. The van der Waals surface area contributed by atoms with E-state index in [1.807, 2.05) is 10.3 Å². The molecule has 0 aliphatic carbocycles. The van der Waals surface area contributed by atoms with E-state index >= 15 is 0 Å². The van der Waals surface area contributed by atoms with Gasteiger partial charge in [-0.25, -0.2) is 13.4 Å². The van der Waals surface area contributed by atoms with Crippen molar-refractivity contribution >= 4 is 37.9 Å². The molecule has 12 heteroatoms. The molecule has 0 atom stereocenters. The number of sulfonamides is 1. The first-order valence-electron chi connectivity index (χ1n) is 9.72. The summed E-state index contributed by atoms with van der Waals surface area (Å²) in [5, 5.41) is 14.2. The Kier molecular flexibility index (Phi) is 6.18. The molecule has 0 spiro atoms. The Labute approximate surface area is 178 Å². The highest BCUT2D eigenvalue weighted by molar-refractivity contribution is 7.89. The van der Waals surface area contributed by atoms with Crippen LogP contribution in [0.4, 0.5) is 16.5 Å². The summed E-state index contributed by atoms with van der Waals surface area (Å²) in [4.78, 5) is 19.3. The first-order chi connectivity index (χ1) is 14.5.